The van der Waals surface area contributed by atoms with Gasteiger partial charge in [0, 0.05) is 27.2 Å². The Bertz CT molecular complexity index is 496. The minimum atomic E-state index is -0.434. The summed E-state index contributed by atoms with van der Waals surface area (Å²) < 4.78 is 31.8. The fourth-order valence-corrected chi connectivity index (χ4v) is 1.64. The average molecular weight is 427 g/mol. The summed E-state index contributed by atoms with van der Waals surface area (Å²) >= 11 is 0. The van der Waals surface area contributed by atoms with Crippen LogP contribution in [-0.4, -0.2) is 38.8 Å². The molecule has 1 rings (SSSR count). The fourth-order valence-electron chi connectivity index (χ4n) is 1.64. The number of ether oxygens (including phenoxy) is 1. The molecular formula is C15H24F2IN3O. The Labute approximate surface area is 147 Å². The van der Waals surface area contributed by atoms with Gasteiger partial charge >= 0.3 is 0 Å². The zero-order valence-corrected chi connectivity index (χ0v) is 15.7. The summed E-state index contributed by atoms with van der Waals surface area (Å²) in [5, 5.41) is 6.17. The van der Waals surface area contributed by atoms with Gasteiger partial charge in [-0.05, 0) is 44.0 Å². The highest BCUT2D eigenvalue weighted by molar-refractivity contribution is 14.0. The molecule has 0 atom stereocenters. The Morgan fingerprint density at radius 2 is 1.95 bits per heavy atom. The first kappa shape index (κ1) is 21.0. The lowest BCUT2D eigenvalue weighted by Crippen LogP contribution is -2.45. The van der Waals surface area contributed by atoms with Crippen molar-refractivity contribution in [2.45, 2.75) is 25.9 Å². The van der Waals surface area contributed by atoms with Gasteiger partial charge in [-0.15, -0.1) is 24.0 Å². The Balaban J connectivity index is 0.00000441. The Morgan fingerprint density at radius 3 is 2.55 bits per heavy atom. The monoisotopic (exact) mass is 427 g/mol. The van der Waals surface area contributed by atoms with Crippen LogP contribution in [0.2, 0.25) is 0 Å². The van der Waals surface area contributed by atoms with Gasteiger partial charge < -0.3 is 15.4 Å². The van der Waals surface area contributed by atoms with Gasteiger partial charge in [-0.25, -0.2) is 8.78 Å². The molecule has 0 fully saturated rings. The molecular weight excluding hydrogens is 403 g/mol. The molecule has 22 heavy (non-hydrogen) atoms. The third-order valence-electron chi connectivity index (χ3n) is 3.15. The van der Waals surface area contributed by atoms with Crippen LogP contribution in [0.1, 0.15) is 19.4 Å². The molecule has 0 amide bonds. The quantitative estimate of drug-likeness (QED) is 0.417. The van der Waals surface area contributed by atoms with Crippen LogP contribution in [0.15, 0.2) is 23.2 Å². The summed E-state index contributed by atoms with van der Waals surface area (Å²) in [7, 11) is 3.29. The molecule has 0 heterocycles. The van der Waals surface area contributed by atoms with Crippen LogP contribution < -0.4 is 10.6 Å². The molecule has 0 bridgehead atoms. The van der Waals surface area contributed by atoms with Crippen molar-refractivity contribution < 1.29 is 13.5 Å². The fraction of sp³-hybridized carbons (Fsp3) is 0.533. The van der Waals surface area contributed by atoms with Gasteiger partial charge in [0.1, 0.15) is 11.6 Å². The molecule has 0 aliphatic heterocycles. The molecule has 0 saturated carbocycles. The normalized spacial score (nSPS) is 11.8. The van der Waals surface area contributed by atoms with Crippen molar-refractivity contribution in [2.75, 3.05) is 27.2 Å². The van der Waals surface area contributed by atoms with Gasteiger partial charge in [0.05, 0.1) is 5.60 Å². The number of halogens is 3. The number of guanidine groups is 1. The molecule has 0 spiro atoms. The van der Waals surface area contributed by atoms with Crippen molar-refractivity contribution >= 4 is 29.9 Å². The van der Waals surface area contributed by atoms with E-state index in [2.05, 4.69) is 15.6 Å². The van der Waals surface area contributed by atoms with Crippen LogP contribution in [0, 0.1) is 11.6 Å². The molecule has 1 aromatic rings. The smallest absolute Gasteiger partial charge is 0.191 e. The molecule has 0 aromatic heterocycles. The number of nitrogens with one attached hydrogen (secondary N) is 2. The zero-order valence-electron chi connectivity index (χ0n) is 13.4. The second-order valence-electron chi connectivity index (χ2n) is 5.30. The molecule has 126 valence electrons. The van der Waals surface area contributed by atoms with Crippen molar-refractivity contribution in [1.29, 1.82) is 0 Å². The van der Waals surface area contributed by atoms with Gasteiger partial charge in [0.25, 0.3) is 0 Å². The Hall–Kier alpha value is -0.960. The SMILES string of the molecule is CN=C(NCCc1cc(F)ccc1F)NCC(C)(C)OC.I. The van der Waals surface area contributed by atoms with Crippen LogP contribution in [0.5, 0.6) is 0 Å². The molecule has 0 radical (unpaired) electrons. The van der Waals surface area contributed by atoms with E-state index in [0.29, 0.717) is 31.0 Å². The van der Waals surface area contributed by atoms with Crippen molar-refractivity contribution in [1.82, 2.24) is 10.6 Å². The van der Waals surface area contributed by atoms with Crippen molar-refractivity contribution in [3.8, 4) is 0 Å². The van der Waals surface area contributed by atoms with Crippen molar-refractivity contribution in [3.63, 3.8) is 0 Å². The first-order valence-electron chi connectivity index (χ1n) is 6.81. The zero-order chi connectivity index (χ0) is 15.9. The molecule has 0 unspecified atom stereocenters. The van der Waals surface area contributed by atoms with Gasteiger partial charge in [0.2, 0.25) is 0 Å². The van der Waals surface area contributed by atoms with Crippen LogP contribution in [-0.2, 0) is 11.2 Å². The van der Waals surface area contributed by atoms with Crippen LogP contribution in [0.3, 0.4) is 0 Å². The number of methoxy groups -OCH3 is 1. The van der Waals surface area contributed by atoms with Crippen LogP contribution in [0.4, 0.5) is 8.78 Å². The van der Waals surface area contributed by atoms with E-state index in [1.807, 2.05) is 13.8 Å². The van der Waals surface area contributed by atoms with Crippen LogP contribution in [0.25, 0.3) is 0 Å². The lowest BCUT2D eigenvalue weighted by atomic mass is 10.1. The largest absolute Gasteiger partial charge is 0.377 e. The summed E-state index contributed by atoms with van der Waals surface area (Å²) in [6.45, 7) is 4.94. The molecule has 1 aromatic carbocycles. The lowest BCUT2D eigenvalue weighted by molar-refractivity contribution is 0.0268. The van der Waals surface area contributed by atoms with Crippen molar-refractivity contribution in [2.24, 2.45) is 4.99 Å². The third kappa shape index (κ3) is 7.35. The maximum atomic E-state index is 13.5. The van der Waals surface area contributed by atoms with E-state index in [1.165, 1.54) is 6.07 Å². The van der Waals surface area contributed by atoms with E-state index in [-0.39, 0.29) is 29.6 Å². The van der Waals surface area contributed by atoms with E-state index in [0.717, 1.165) is 12.1 Å². The highest BCUT2D eigenvalue weighted by Crippen LogP contribution is 2.09. The van der Waals surface area contributed by atoms with E-state index < -0.39 is 11.6 Å². The Kier molecular flexibility index (Phi) is 9.50. The van der Waals surface area contributed by atoms with Gasteiger partial charge in [-0.1, -0.05) is 0 Å². The second-order valence-corrected chi connectivity index (χ2v) is 5.30. The first-order valence-corrected chi connectivity index (χ1v) is 6.81. The van der Waals surface area contributed by atoms with Gasteiger partial charge in [-0.3, -0.25) is 4.99 Å². The summed E-state index contributed by atoms with van der Waals surface area (Å²) in [6.07, 6.45) is 0.373. The summed E-state index contributed by atoms with van der Waals surface area (Å²) in [6, 6.07) is 3.46. The molecule has 7 heteroatoms. The topological polar surface area (TPSA) is 45.7 Å². The number of nitrogens with zero attached hydrogens (tertiary/aromatic N) is 1. The maximum Gasteiger partial charge on any atom is 0.191 e. The third-order valence-corrected chi connectivity index (χ3v) is 3.15. The number of rotatable bonds is 6. The minimum Gasteiger partial charge on any atom is -0.377 e. The standard InChI is InChI=1S/C15H23F2N3O.HI/c1-15(2,21-4)10-20-14(18-3)19-8-7-11-9-12(16)5-6-13(11)17;/h5-6,9H,7-8,10H2,1-4H3,(H2,18,19,20);1H. The van der Waals surface area contributed by atoms with Crippen molar-refractivity contribution in [3.05, 3.63) is 35.4 Å². The molecule has 2 N–H and O–H groups in total. The van der Waals surface area contributed by atoms with E-state index in [1.54, 1.807) is 14.2 Å². The molecule has 0 aliphatic rings. The molecule has 0 aliphatic carbocycles. The van der Waals surface area contributed by atoms with E-state index >= 15 is 0 Å². The van der Waals surface area contributed by atoms with Gasteiger partial charge in [0.15, 0.2) is 5.96 Å². The summed E-state index contributed by atoms with van der Waals surface area (Å²) in [4.78, 5) is 4.07. The first-order chi connectivity index (χ1) is 9.88. The number of benzene rings is 1. The Morgan fingerprint density at radius 1 is 1.27 bits per heavy atom. The molecule has 0 saturated heterocycles. The second kappa shape index (κ2) is 9.94. The average Bonchev–Trinajstić information content (AvgIpc) is 2.46. The van der Waals surface area contributed by atoms with E-state index in [9.17, 15) is 8.78 Å². The highest BCUT2D eigenvalue weighted by atomic mass is 127. The number of hydrogen-bond acceptors (Lipinski definition) is 2. The maximum absolute atomic E-state index is 13.5. The number of hydrogen-bond donors (Lipinski definition) is 2. The highest BCUT2D eigenvalue weighted by Gasteiger charge is 2.16. The lowest BCUT2D eigenvalue weighted by Gasteiger charge is -2.24. The predicted molar refractivity (Wildman–Crippen MR) is 95.9 cm³/mol. The predicted octanol–water partition coefficient (Wildman–Crippen LogP) is 2.72. The van der Waals surface area contributed by atoms with Crippen LogP contribution >= 0.6 is 24.0 Å². The molecule has 4 nitrogen and oxygen atoms in total. The summed E-state index contributed by atoms with van der Waals surface area (Å²) in [5.74, 6) is -0.241. The minimum absolute atomic E-state index is 0. The summed E-state index contributed by atoms with van der Waals surface area (Å²) in [5.41, 5.74) is 0.0295. The van der Waals surface area contributed by atoms with E-state index in [4.69, 9.17) is 4.74 Å². The number of aliphatic imine (C=N–C) groups is 1. The van der Waals surface area contributed by atoms with Gasteiger partial charge in [-0.2, -0.15) is 0 Å².